The van der Waals surface area contributed by atoms with Gasteiger partial charge in [0.2, 0.25) is 5.91 Å². The summed E-state index contributed by atoms with van der Waals surface area (Å²) in [6.07, 6.45) is 1.57. The molecule has 0 aliphatic rings. The van der Waals surface area contributed by atoms with E-state index in [9.17, 15) is 4.79 Å². The lowest BCUT2D eigenvalue weighted by atomic mass is 9.70. The van der Waals surface area contributed by atoms with Gasteiger partial charge in [-0.05, 0) is 37.6 Å². The third kappa shape index (κ3) is 3.14. The summed E-state index contributed by atoms with van der Waals surface area (Å²) in [5.74, 6) is -0.295. The van der Waals surface area contributed by atoms with Crippen LogP contribution in [0.4, 0.5) is 0 Å². The normalized spacial score (nSPS) is 11.3. The molecule has 3 N–H and O–H groups in total. The number of hydrogen-bond donors (Lipinski definition) is 2. The Bertz CT molecular complexity index is 527. The molecule has 0 aromatic heterocycles. The lowest BCUT2D eigenvalue weighted by molar-refractivity contribution is -0.122. The van der Waals surface area contributed by atoms with E-state index in [0.29, 0.717) is 6.42 Å². The van der Waals surface area contributed by atoms with Crippen LogP contribution in [-0.4, -0.2) is 19.5 Å². The summed E-state index contributed by atoms with van der Waals surface area (Å²) in [4.78, 5) is 12.4. The van der Waals surface area contributed by atoms with Crippen LogP contribution in [0.3, 0.4) is 0 Å². The minimum absolute atomic E-state index is 0.295. The molecular weight excluding hydrogens is 260 g/mol. The molecule has 0 aliphatic heterocycles. The zero-order chi connectivity index (χ0) is 15.1. The van der Waals surface area contributed by atoms with Gasteiger partial charge in [0.15, 0.2) is 0 Å². The van der Waals surface area contributed by atoms with E-state index in [4.69, 9.17) is 5.73 Å². The van der Waals surface area contributed by atoms with Crippen LogP contribution < -0.4 is 11.1 Å². The van der Waals surface area contributed by atoms with E-state index in [1.54, 1.807) is 0 Å². The van der Waals surface area contributed by atoms with Crippen LogP contribution in [0.5, 0.6) is 0 Å². The van der Waals surface area contributed by atoms with Gasteiger partial charge < -0.3 is 11.1 Å². The van der Waals surface area contributed by atoms with E-state index < -0.39 is 5.41 Å². The molecular formula is C18H22N2O. The molecule has 21 heavy (non-hydrogen) atoms. The predicted octanol–water partition coefficient (Wildman–Crippen LogP) is 2.46. The van der Waals surface area contributed by atoms with Crippen LogP contribution in [0.1, 0.15) is 24.0 Å². The summed E-state index contributed by atoms with van der Waals surface area (Å²) < 4.78 is 0. The summed E-state index contributed by atoms with van der Waals surface area (Å²) in [7, 11) is 1.91. The summed E-state index contributed by atoms with van der Waals surface area (Å²) in [6.45, 7) is 0.856. The summed E-state index contributed by atoms with van der Waals surface area (Å²) in [6, 6.07) is 19.6. The Morgan fingerprint density at radius 2 is 1.48 bits per heavy atom. The molecule has 0 saturated heterocycles. The zero-order valence-electron chi connectivity index (χ0n) is 12.4. The third-order valence-electron chi connectivity index (χ3n) is 3.93. The fourth-order valence-electron chi connectivity index (χ4n) is 2.84. The van der Waals surface area contributed by atoms with Crippen molar-refractivity contribution in [2.75, 3.05) is 13.6 Å². The van der Waals surface area contributed by atoms with Crippen LogP contribution in [-0.2, 0) is 10.2 Å². The van der Waals surface area contributed by atoms with Gasteiger partial charge in [-0.1, -0.05) is 60.7 Å². The predicted molar refractivity (Wildman–Crippen MR) is 86.0 cm³/mol. The Kier molecular flexibility index (Phi) is 5.12. The first-order valence-corrected chi connectivity index (χ1v) is 7.27. The third-order valence-corrected chi connectivity index (χ3v) is 3.93. The Morgan fingerprint density at radius 1 is 1.00 bits per heavy atom. The number of hydrogen-bond acceptors (Lipinski definition) is 2. The fraction of sp³-hybridized carbons (Fsp3) is 0.278. The largest absolute Gasteiger partial charge is 0.369 e. The second-order valence-corrected chi connectivity index (χ2v) is 5.21. The Hall–Kier alpha value is -2.13. The highest BCUT2D eigenvalue weighted by Gasteiger charge is 2.39. The van der Waals surface area contributed by atoms with Gasteiger partial charge in [0.1, 0.15) is 0 Å². The summed E-state index contributed by atoms with van der Waals surface area (Å²) in [5, 5.41) is 3.13. The van der Waals surface area contributed by atoms with Gasteiger partial charge in [-0.25, -0.2) is 0 Å². The van der Waals surface area contributed by atoms with E-state index in [2.05, 4.69) is 5.32 Å². The second kappa shape index (κ2) is 7.04. The lowest BCUT2D eigenvalue weighted by Gasteiger charge is -2.32. The van der Waals surface area contributed by atoms with E-state index >= 15 is 0 Å². The van der Waals surface area contributed by atoms with Gasteiger partial charge in [0.25, 0.3) is 0 Å². The van der Waals surface area contributed by atoms with Crippen molar-refractivity contribution < 1.29 is 4.79 Å². The van der Waals surface area contributed by atoms with Crippen LogP contribution in [0.25, 0.3) is 0 Å². The van der Waals surface area contributed by atoms with Crippen molar-refractivity contribution in [1.82, 2.24) is 5.32 Å². The topological polar surface area (TPSA) is 55.1 Å². The average molecular weight is 282 g/mol. The number of carbonyl (C=O) groups is 1. The van der Waals surface area contributed by atoms with Gasteiger partial charge >= 0.3 is 0 Å². The molecule has 2 rings (SSSR count). The van der Waals surface area contributed by atoms with Crippen molar-refractivity contribution in [3.63, 3.8) is 0 Å². The maximum Gasteiger partial charge on any atom is 0.232 e. The highest BCUT2D eigenvalue weighted by Crippen LogP contribution is 2.36. The molecule has 0 unspecified atom stereocenters. The number of nitrogens with two attached hydrogens (primary N) is 1. The summed E-state index contributed by atoms with van der Waals surface area (Å²) >= 11 is 0. The van der Waals surface area contributed by atoms with Gasteiger partial charge in [-0.15, -0.1) is 0 Å². The van der Waals surface area contributed by atoms with Crippen LogP contribution in [0.2, 0.25) is 0 Å². The smallest absolute Gasteiger partial charge is 0.232 e. The van der Waals surface area contributed by atoms with Crippen molar-refractivity contribution in [3.05, 3.63) is 71.8 Å². The van der Waals surface area contributed by atoms with Crippen LogP contribution >= 0.6 is 0 Å². The monoisotopic (exact) mass is 282 g/mol. The van der Waals surface area contributed by atoms with Gasteiger partial charge in [0.05, 0.1) is 5.41 Å². The van der Waals surface area contributed by atoms with E-state index in [0.717, 1.165) is 24.1 Å². The zero-order valence-corrected chi connectivity index (χ0v) is 12.4. The molecule has 110 valence electrons. The summed E-state index contributed by atoms with van der Waals surface area (Å²) in [5.41, 5.74) is 7.01. The number of nitrogens with one attached hydrogen (secondary N) is 1. The van der Waals surface area contributed by atoms with Crippen molar-refractivity contribution in [3.8, 4) is 0 Å². The molecule has 3 heteroatoms. The molecule has 0 heterocycles. The SMILES string of the molecule is CNCCCC(C(N)=O)(c1ccccc1)c1ccccc1. The Labute approximate surface area is 126 Å². The average Bonchev–Trinajstić information content (AvgIpc) is 2.53. The molecule has 1 amide bonds. The van der Waals surface area contributed by atoms with Crippen LogP contribution in [0, 0.1) is 0 Å². The van der Waals surface area contributed by atoms with Crippen LogP contribution in [0.15, 0.2) is 60.7 Å². The minimum atomic E-state index is -0.765. The maximum atomic E-state index is 12.4. The van der Waals surface area contributed by atoms with Crippen molar-refractivity contribution in [2.24, 2.45) is 5.73 Å². The van der Waals surface area contributed by atoms with E-state index in [1.807, 2.05) is 67.7 Å². The minimum Gasteiger partial charge on any atom is -0.369 e. The Morgan fingerprint density at radius 3 is 1.86 bits per heavy atom. The van der Waals surface area contributed by atoms with E-state index in [-0.39, 0.29) is 5.91 Å². The van der Waals surface area contributed by atoms with Gasteiger partial charge in [-0.3, -0.25) is 4.79 Å². The van der Waals surface area contributed by atoms with Gasteiger partial charge in [0, 0.05) is 0 Å². The van der Waals surface area contributed by atoms with Gasteiger partial charge in [-0.2, -0.15) is 0 Å². The lowest BCUT2D eigenvalue weighted by Crippen LogP contribution is -2.42. The molecule has 0 saturated carbocycles. The van der Waals surface area contributed by atoms with Crippen molar-refractivity contribution in [1.29, 1.82) is 0 Å². The maximum absolute atomic E-state index is 12.4. The molecule has 2 aromatic carbocycles. The number of carbonyl (C=O) groups excluding carboxylic acids is 1. The first-order valence-electron chi connectivity index (χ1n) is 7.27. The molecule has 0 atom stereocenters. The highest BCUT2D eigenvalue weighted by atomic mass is 16.1. The first kappa shape index (κ1) is 15.3. The number of rotatable bonds is 7. The number of primary amides is 1. The quantitative estimate of drug-likeness (QED) is 0.766. The molecule has 0 radical (unpaired) electrons. The molecule has 2 aromatic rings. The molecule has 0 bridgehead atoms. The molecule has 3 nitrogen and oxygen atoms in total. The Balaban J connectivity index is 2.52. The van der Waals surface area contributed by atoms with Crippen molar-refractivity contribution >= 4 is 5.91 Å². The molecule has 0 fully saturated rings. The standard InChI is InChI=1S/C18H22N2O/c1-20-14-8-13-18(17(19)21,15-9-4-2-5-10-15)16-11-6-3-7-12-16/h2-7,9-12,20H,8,13-14H2,1H3,(H2,19,21). The van der Waals surface area contributed by atoms with Crippen molar-refractivity contribution in [2.45, 2.75) is 18.3 Å². The molecule has 0 spiro atoms. The first-order chi connectivity index (χ1) is 10.2. The highest BCUT2D eigenvalue weighted by molar-refractivity contribution is 5.90. The fourth-order valence-corrected chi connectivity index (χ4v) is 2.84. The van der Waals surface area contributed by atoms with E-state index in [1.165, 1.54) is 0 Å². The molecule has 0 aliphatic carbocycles. The second-order valence-electron chi connectivity index (χ2n) is 5.21. The number of benzene rings is 2. The number of amides is 1.